The molecule has 0 amide bonds. The minimum atomic E-state index is -0.623. The van der Waals surface area contributed by atoms with E-state index in [1.807, 2.05) is 38.1 Å². The molecule has 0 bridgehead atoms. The van der Waals surface area contributed by atoms with Crippen molar-refractivity contribution >= 4 is 11.0 Å². The van der Waals surface area contributed by atoms with Gasteiger partial charge in [0.05, 0.1) is 6.61 Å². The fourth-order valence-electron chi connectivity index (χ4n) is 2.01. The molecule has 0 spiro atoms. The lowest BCUT2D eigenvalue weighted by Gasteiger charge is -2.15. The van der Waals surface area contributed by atoms with Gasteiger partial charge in [0.25, 0.3) is 0 Å². The quantitative estimate of drug-likeness (QED) is 0.884. The van der Waals surface area contributed by atoms with Gasteiger partial charge in [0.2, 0.25) is 0 Å². The van der Waals surface area contributed by atoms with Crippen LogP contribution in [0.2, 0.25) is 0 Å². The Balaban J connectivity index is 2.33. The Morgan fingerprint density at radius 1 is 1.41 bits per heavy atom. The van der Waals surface area contributed by atoms with Crippen LogP contribution in [0, 0.1) is 12.8 Å². The van der Waals surface area contributed by atoms with Gasteiger partial charge in [-0.3, -0.25) is 0 Å². The zero-order chi connectivity index (χ0) is 12.4. The molecule has 0 saturated heterocycles. The third-order valence-corrected chi connectivity index (χ3v) is 3.02. The zero-order valence-corrected chi connectivity index (χ0v) is 10.4. The van der Waals surface area contributed by atoms with Crippen LogP contribution < -0.4 is 0 Å². The minimum Gasteiger partial charge on any atom is -0.458 e. The van der Waals surface area contributed by atoms with Crippen molar-refractivity contribution in [3.63, 3.8) is 0 Å². The van der Waals surface area contributed by atoms with Crippen molar-refractivity contribution in [3.05, 3.63) is 35.6 Å². The first-order valence-corrected chi connectivity index (χ1v) is 5.79. The molecule has 2 rings (SSSR count). The second kappa shape index (κ2) is 4.90. The van der Waals surface area contributed by atoms with Crippen LogP contribution in [0.3, 0.4) is 0 Å². The van der Waals surface area contributed by atoms with E-state index in [1.165, 1.54) is 0 Å². The van der Waals surface area contributed by atoms with Crippen molar-refractivity contribution in [2.45, 2.75) is 20.0 Å². The number of fused-ring (bicyclic) bond motifs is 1. The van der Waals surface area contributed by atoms with Crippen LogP contribution in [0.1, 0.15) is 24.4 Å². The maximum atomic E-state index is 10.1. The van der Waals surface area contributed by atoms with Crippen LogP contribution in [0.25, 0.3) is 11.0 Å². The third-order valence-electron chi connectivity index (χ3n) is 3.02. The number of ether oxygens (including phenoxy) is 1. The summed E-state index contributed by atoms with van der Waals surface area (Å²) < 4.78 is 10.8. The molecule has 2 atom stereocenters. The van der Waals surface area contributed by atoms with Crippen LogP contribution >= 0.6 is 0 Å². The molecule has 1 aromatic carbocycles. The van der Waals surface area contributed by atoms with Crippen LogP contribution in [0.5, 0.6) is 0 Å². The van der Waals surface area contributed by atoms with Crippen molar-refractivity contribution in [2.24, 2.45) is 5.92 Å². The van der Waals surface area contributed by atoms with E-state index in [2.05, 4.69) is 0 Å². The molecule has 2 unspecified atom stereocenters. The highest BCUT2D eigenvalue weighted by Gasteiger charge is 2.20. The van der Waals surface area contributed by atoms with E-state index >= 15 is 0 Å². The van der Waals surface area contributed by atoms with Crippen LogP contribution in [-0.4, -0.2) is 18.8 Å². The molecule has 1 aromatic heterocycles. The molecule has 0 fully saturated rings. The molecular weight excluding hydrogens is 216 g/mol. The van der Waals surface area contributed by atoms with Gasteiger partial charge in [-0.05, 0) is 18.6 Å². The third kappa shape index (κ3) is 2.35. The fraction of sp³-hybridized carbons (Fsp3) is 0.429. The first-order chi connectivity index (χ1) is 8.13. The van der Waals surface area contributed by atoms with E-state index in [0.29, 0.717) is 12.4 Å². The van der Waals surface area contributed by atoms with Crippen LogP contribution in [-0.2, 0) is 4.74 Å². The van der Waals surface area contributed by atoms with Crippen molar-refractivity contribution in [1.29, 1.82) is 0 Å². The lowest BCUT2D eigenvalue weighted by atomic mass is 10.0. The average molecular weight is 234 g/mol. The van der Waals surface area contributed by atoms with E-state index in [9.17, 15) is 5.11 Å². The second-order valence-electron chi connectivity index (χ2n) is 4.52. The molecule has 0 aliphatic rings. The maximum Gasteiger partial charge on any atom is 0.137 e. The molecule has 3 heteroatoms. The number of rotatable bonds is 4. The molecule has 1 heterocycles. The SMILES string of the molecule is COCC(C)C(O)c1cc2cccc(C)c2o1. The Hall–Kier alpha value is -1.32. The summed E-state index contributed by atoms with van der Waals surface area (Å²) in [6.07, 6.45) is -0.623. The first-order valence-electron chi connectivity index (χ1n) is 5.79. The fourth-order valence-corrected chi connectivity index (χ4v) is 2.01. The van der Waals surface area contributed by atoms with Gasteiger partial charge in [-0.1, -0.05) is 25.1 Å². The summed E-state index contributed by atoms with van der Waals surface area (Å²) in [5.41, 5.74) is 1.94. The molecule has 17 heavy (non-hydrogen) atoms. The molecule has 0 saturated carbocycles. The summed E-state index contributed by atoms with van der Waals surface area (Å²) >= 11 is 0. The van der Waals surface area contributed by atoms with Gasteiger partial charge in [-0.15, -0.1) is 0 Å². The van der Waals surface area contributed by atoms with Crippen LogP contribution in [0.15, 0.2) is 28.7 Å². The predicted octanol–water partition coefficient (Wildman–Crippen LogP) is 3.06. The molecule has 0 aliphatic heterocycles. The number of para-hydroxylation sites is 1. The van der Waals surface area contributed by atoms with Crippen LogP contribution in [0.4, 0.5) is 0 Å². The highest BCUT2D eigenvalue weighted by molar-refractivity contribution is 5.80. The standard InChI is InChI=1S/C14H18O3/c1-9-5-4-6-11-7-12(17-14(9)11)13(15)10(2)8-16-3/h4-7,10,13,15H,8H2,1-3H3. The molecule has 1 N–H and O–H groups in total. The lowest BCUT2D eigenvalue weighted by Crippen LogP contribution is -2.13. The van der Waals surface area contributed by atoms with Crippen molar-refractivity contribution in [2.75, 3.05) is 13.7 Å². The summed E-state index contributed by atoms with van der Waals surface area (Å²) in [6.45, 7) is 4.45. The number of hydrogen-bond donors (Lipinski definition) is 1. The second-order valence-corrected chi connectivity index (χ2v) is 4.52. The Bertz CT molecular complexity index is 501. The largest absolute Gasteiger partial charge is 0.458 e. The first kappa shape index (κ1) is 12.1. The number of methoxy groups -OCH3 is 1. The Kier molecular flexibility index (Phi) is 3.50. The Morgan fingerprint density at radius 2 is 2.18 bits per heavy atom. The Morgan fingerprint density at radius 3 is 2.82 bits per heavy atom. The topological polar surface area (TPSA) is 42.6 Å². The van der Waals surface area contributed by atoms with Gasteiger partial charge < -0.3 is 14.3 Å². The summed E-state index contributed by atoms with van der Waals surface area (Å²) in [5.74, 6) is 0.625. The van der Waals surface area contributed by atoms with E-state index in [0.717, 1.165) is 16.5 Å². The monoisotopic (exact) mass is 234 g/mol. The summed E-state index contributed by atoms with van der Waals surface area (Å²) in [4.78, 5) is 0. The highest BCUT2D eigenvalue weighted by atomic mass is 16.5. The highest BCUT2D eigenvalue weighted by Crippen LogP contribution is 2.29. The van der Waals surface area contributed by atoms with Crippen molar-refractivity contribution < 1.29 is 14.3 Å². The number of furan rings is 1. The van der Waals surface area contributed by atoms with Gasteiger partial charge in [-0.25, -0.2) is 0 Å². The van der Waals surface area contributed by atoms with E-state index in [4.69, 9.17) is 9.15 Å². The summed E-state index contributed by atoms with van der Waals surface area (Å²) in [5, 5.41) is 11.2. The Labute approximate surface area is 101 Å². The van der Waals surface area contributed by atoms with E-state index in [-0.39, 0.29) is 5.92 Å². The number of benzene rings is 1. The number of aliphatic hydroxyl groups excluding tert-OH is 1. The van der Waals surface area contributed by atoms with Gasteiger partial charge in [-0.2, -0.15) is 0 Å². The molecule has 0 radical (unpaired) electrons. The van der Waals surface area contributed by atoms with Gasteiger partial charge >= 0.3 is 0 Å². The van der Waals surface area contributed by atoms with Gasteiger partial charge in [0, 0.05) is 18.4 Å². The smallest absolute Gasteiger partial charge is 0.137 e. The molecule has 2 aromatic rings. The average Bonchev–Trinajstić information content (AvgIpc) is 2.73. The van der Waals surface area contributed by atoms with E-state index < -0.39 is 6.10 Å². The maximum absolute atomic E-state index is 10.1. The van der Waals surface area contributed by atoms with Crippen molar-refractivity contribution in [1.82, 2.24) is 0 Å². The molecule has 0 aliphatic carbocycles. The van der Waals surface area contributed by atoms with Gasteiger partial charge in [0.1, 0.15) is 17.4 Å². The molecule has 3 nitrogen and oxygen atoms in total. The summed E-state index contributed by atoms with van der Waals surface area (Å²) in [6, 6.07) is 7.88. The lowest BCUT2D eigenvalue weighted by molar-refractivity contribution is 0.0440. The van der Waals surface area contributed by atoms with E-state index in [1.54, 1.807) is 7.11 Å². The minimum absolute atomic E-state index is 0.0147. The predicted molar refractivity (Wildman–Crippen MR) is 67.0 cm³/mol. The molecule has 92 valence electrons. The number of aliphatic hydroxyl groups is 1. The number of aryl methyl sites for hydroxylation is 1. The van der Waals surface area contributed by atoms with Crippen molar-refractivity contribution in [3.8, 4) is 0 Å². The zero-order valence-electron chi connectivity index (χ0n) is 10.4. The van der Waals surface area contributed by atoms with Gasteiger partial charge in [0.15, 0.2) is 0 Å². The molecular formula is C14H18O3. The number of hydrogen-bond acceptors (Lipinski definition) is 3. The normalized spacial score (nSPS) is 15.1. The summed E-state index contributed by atoms with van der Waals surface area (Å²) in [7, 11) is 1.63.